The number of rotatable bonds is 1. The Morgan fingerprint density at radius 3 is 1.86 bits per heavy atom. The highest BCUT2D eigenvalue weighted by atomic mass is 16.4. The average Bonchev–Trinajstić information content (AvgIpc) is 2.19. The smallest absolute Gasteiger partial charge is 0.335 e. The van der Waals surface area contributed by atoms with Gasteiger partial charge in [0.05, 0.1) is 5.56 Å². The number of carbonyl (C=O) groups is 1. The van der Waals surface area contributed by atoms with Gasteiger partial charge in [-0.15, -0.1) is 0 Å². The van der Waals surface area contributed by atoms with Crippen LogP contribution in [0.2, 0.25) is 0 Å². The molecule has 76 valence electrons. The number of benzene rings is 1. The second kappa shape index (κ2) is 6.71. The van der Waals surface area contributed by atoms with E-state index in [1.807, 2.05) is 26.0 Å². The minimum Gasteiger partial charge on any atom is -0.508 e. The Kier molecular flexibility index (Phi) is 5.87. The number of hydrogen-bond donors (Lipinski definition) is 2. The molecule has 0 heterocycles. The molecule has 3 nitrogen and oxygen atoms in total. The van der Waals surface area contributed by atoms with Crippen LogP contribution in [0.3, 0.4) is 0 Å². The van der Waals surface area contributed by atoms with E-state index >= 15 is 0 Å². The molecule has 2 N–H and O–H groups in total. The summed E-state index contributed by atoms with van der Waals surface area (Å²) in [6.07, 6.45) is 4.00. The zero-order chi connectivity index (χ0) is 11.0. The molecule has 3 heteroatoms. The normalized spacial score (nSPS) is 9.29. The summed E-state index contributed by atoms with van der Waals surface area (Å²) >= 11 is 0. The van der Waals surface area contributed by atoms with Crippen LogP contribution in [0.15, 0.2) is 36.4 Å². The number of hydrogen-bond acceptors (Lipinski definition) is 2. The Morgan fingerprint density at radius 1 is 1.14 bits per heavy atom. The van der Waals surface area contributed by atoms with Crippen LogP contribution in [0.1, 0.15) is 24.2 Å². The zero-order valence-corrected chi connectivity index (χ0v) is 8.27. The standard InChI is InChI=1S/C7H6O3.C4H8/c8-6-3-1-5(2-4-6)7(9)10;1-3-4-2/h1-4,8H,(H,9,10);3-4H,1-2H3/b;4-3-. The SMILES string of the molecule is C/C=C\C.O=C(O)c1ccc(O)cc1. The quantitative estimate of drug-likeness (QED) is 0.676. The summed E-state index contributed by atoms with van der Waals surface area (Å²) in [5, 5.41) is 17.1. The maximum atomic E-state index is 10.2. The summed E-state index contributed by atoms with van der Waals surface area (Å²) in [6.45, 7) is 4.00. The van der Waals surface area contributed by atoms with Gasteiger partial charge in [-0.3, -0.25) is 0 Å². The molecule has 0 amide bonds. The molecule has 1 aromatic rings. The van der Waals surface area contributed by atoms with Crippen molar-refractivity contribution < 1.29 is 15.0 Å². The maximum absolute atomic E-state index is 10.2. The van der Waals surface area contributed by atoms with Crippen molar-refractivity contribution in [3.8, 4) is 5.75 Å². The minimum atomic E-state index is -0.986. The van der Waals surface area contributed by atoms with Crippen LogP contribution in [0.5, 0.6) is 5.75 Å². The van der Waals surface area contributed by atoms with E-state index < -0.39 is 5.97 Å². The van der Waals surface area contributed by atoms with E-state index in [4.69, 9.17) is 10.2 Å². The van der Waals surface area contributed by atoms with Crippen molar-refractivity contribution in [3.63, 3.8) is 0 Å². The Hall–Kier alpha value is -1.77. The number of allylic oxidation sites excluding steroid dienone is 2. The number of phenolic OH excluding ortho intramolecular Hbond substituents is 1. The fourth-order valence-corrected chi connectivity index (χ4v) is 0.604. The molecule has 0 aliphatic rings. The van der Waals surface area contributed by atoms with E-state index in [1.54, 1.807) is 0 Å². The van der Waals surface area contributed by atoms with Gasteiger partial charge in [0.1, 0.15) is 5.75 Å². The largest absolute Gasteiger partial charge is 0.508 e. The van der Waals surface area contributed by atoms with Gasteiger partial charge in [0.2, 0.25) is 0 Å². The lowest BCUT2D eigenvalue weighted by Crippen LogP contribution is -1.93. The first kappa shape index (κ1) is 12.2. The molecule has 0 atom stereocenters. The van der Waals surface area contributed by atoms with Crippen LogP contribution in [0.25, 0.3) is 0 Å². The molecule has 0 fully saturated rings. The lowest BCUT2D eigenvalue weighted by atomic mass is 10.2. The van der Waals surface area contributed by atoms with Gasteiger partial charge in [0, 0.05) is 0 Å². The predicted octanol–water partition coefficient (Wildman–Crippen LogP) is 2.67. The molecule has 0 unspecified atom stereocenters. The van der Waals surface area contributed by atoms with E-state index in [-0.39, 0.29) is 11.3 Å². The highest BCUT2D eigenvalue weighted by Crippen LogP contribution is 2.08. The number of aromatic hydroxyl groups is 1. The molecule has 0 radical (unpaired) electrons. The molecule has 0 aliphatic heterocycles. The fraction of sp³-hybridized carbons (Fsp3) is 0.182. The first-order valence-corrected chi connectivity index (χ1v) is 4.21. The predicted molar refractivity (Wildman–Crippen MR) is 55.6 cm³/mol. The van der Waals surface area contributed by atoms with Crippen LogP contribution >= 0.6 is 0 Å². The number of carboxylic acids is 1. The van der Waals surface area contributed by atoms with Crippen LogP contribution in [0, 0.1) is 0 Å². The summed E-state index contributed by atoms with van der Waals surface area (Å²) in [5.74, 6) is -0.912. The summed E-state index contributed by atoms with van der Waals surface area (Å²) < 4.78 is 0. The molecule has 0 saturated carbocycles. The van der Waals surface area contributed by atoms with E-state index in [0.29, 0.717) is 0 Å². The van der Waals surface area contributed by atoms with E-state index in [2.05, 4.69) is 0 Å². The van der Waals surface area contributed by atoms with Crippen LogP contribution in [0.4, 0.5) is 0 Å². The summed E-state index contributed by atoms with van der Waals surface area (Å²) in [7, 11) is 0. The van der Waals surface area contributed by atoms with Crippen molar-refractivity contribution in [1.29, 1.82) is 0 Å². The molecule has 0 saturated heterocycles. The number of aromatic carboxylic acids is 1. The monoisotopic (exact) mass is 194 g/mol. The van der Waals surface area contributed by atoms with Gasteiger partial charge < -0.3 is 10.2 Å². The van der Waals surface area contributed by atoms with E-state index in [1.165, 1.54) is 24.3 Å². The van der Waals surface area contributed by atoms with Gasteiger partial charge in [-0.1, -0.05) is 12.2 Å². The molecule has 1 rings (SSSR count). The van der Waals surface area contributed by atoms with Gasteiger partial charge in [-0.25, -0.2) is 4.79 Å². The zero-order valence-electron chi connectivity index (χ0n) is 8.27. The third-order valence-electron chi connectivity index (χ3n) is 1.45. The first-order chi connectivity index (χ1) is 6.61. The van der Waals surface area contributed by atoms with Crippen molar-refractivity contribution in [2.45, 2.75) is 13.8 Å². The highest BCUT2D eigenvalue weighted by Gasteiger charge is 1.99. The van der Waals surface area contributed by atoms with Crippen molar-refractivity contribution in [1.82, 2.24) is 0 Å². The number of phenols is 1. The molecule has 0 spiro atoms. The second-order valence-corrected chi connectivity index (χ2v) is 2.52. The van der Waals surface area contributed by atoms with Crippen LogP contribution in [-0.4, -0.2) is 16.2 Å². The van der Waals surface area contributed by atoms with Gasteiger partial charge in [0.15, 0.2) is 0 Å². The van der Waals surface area contributed by atoms with E-state index in [0.717, 1.165) is 0 Å². The van der Waals surface area contributed by atoms with Gasteiger partial charge in [-0.05, 0) is 38.1 Å². The Labute approximate surface area is 83.3 Å². The third kappa shape index (κ3) is 4.98. The topological polar surface area (TPSA) is 57.5 Å². The van der Waals surface area contributed by atoms with E-state index in [9.17, 15) is 4.79 Å². The molecular weight excluding hydrogens is 180 g/mol. The Balaban J connectivity index is 0.000000364. The molecular formula is C11H14O3. The van der Waals surface area contributed by atoms with Gasteiger partial charge >= 0.3 is 5.97 Å². The van der Waals surface area contributed by atoms with Crippen molar-refractivity contribution >= 4 is 5.97 Å². The number of carboxylic acid groups (broad SMARTS) is 1. The van der Waals surface area contributed by atoms with Crippen molar-refractivity contribution in [2.24, 2.45) is 0 Å². The Bertz CT molecular complexity index is 295. The lowest BCUT2D eigenvalue weighted by Gasteiger charge is -1.92. The maximum Gasteiger partial charge on any atom is 0.335 e. The molecule has 0 bridgehead atoms. The van der Waals surface area contributed by atoms with Crippen molar-refractivity contribution in [2.75, 3.05) is 0 Å². The van der Waals surface area contributed by atoms with Gasteiger partial charge in [0.25, 0.3) is 0 Å². The molecule has 1 aromatic carbocycles. The van der Waals surface area contributed by atoms with Crippen molar-refractivity contribution in [3.05, 3.63) is 42.0 Å². The van der Waals surface area contributed by atoms with Crippen LogP contribution < -0.4 is 0 Å². The third-order valence-corrected chi connectivity index (χ3v) is 1.45. The average molecular weight is 194 g/mol. The first-order valence-electron chi connectivity index (χ1n) is 4.21. The summed E-state index contributed by atoms with van der Waals surface area (Å²) in [6, 6.07) is 5.36. The Morgan fingerprint density at radius 2 is 1.57 bits per heavy atom. The van der Waals surface area contributed by atoms with Gasteiger partial charge in [-0.2, -0.15) is 0 Å². The molecule has 0 aliphatic carbocycles. The minimum absolute atomic E-state index is 0.0741. The highest BCUT2D eigenvalue weighted by molar-refractivity contribution is 5.87. The molecule has 14 heavy (non-hydrogen) atoms. The fourth-order valence-electron chi connectivity index (χ4n) is 0.604. The lowest BCUT2D eigenvalue weighted by molar-refractivity contribution is 0.0697. The molecule has 0 aromatic heterocycles. The summed E-state index contributed by atoms with van der Waals surface area (Å²) in [5.41, 5.74) is 0.179. The van der Waals surface area contributed by atoms with Crippen LogP contribution in [-0.2, 0) is 0 Å². The second-order valence-electron chi connectivity index (χ2n) is 2.52. The summed E-state index contributed by atoms with van der Waals surface area (Å²) in [4.78, 5) is 10.2.